The number of amides is 2. The van der Waals surface area contributed by atoms with Crippen LogP contribution in [0.15, 0.2) is 30.5 Å². The van der Waals surface area contributed by atoms with Gasteiger partial charge in [-0.2, -0.15) is 0 Å². The lowest BCUT2D eigenvalue weighted by Gasteiger charge is -2.20. The molecule has 2 amide bonds. The van der Waals surface area contributed by atoms with Crippen molar-refractivity contribution in [2.45, 2.75) is 13.0 Å². The number of pyridine rings is 1. The van der Waals surface area contributed by atoms with E-state index in [1.807, 2.05) is 25.1 Å². The lowest BCUT2D eigenvalue weighted by Crippen LogP contribution is -2.39. The second-order valence-corrected chi connectivity index (χ2v) is 4.18. The number of hydrogen-bond acceptors (Lipinski definition) is 3. The Morgan fingerprint density at radius 3 is 2.72 bits per heavy atom. The van der Waals surface area contributed by atoms with E-state index < -0.39 is 0 Å². The van der Waals surface area contributed by atoms with Gasteiger partial charge in [0.25, 0.3) is 0 Å². The maximum atomic E-state index is 11.9. The van der Waals surface area contributed by atoms with Gasteiger partial charge in [0.1, 0.15) is 0 Å². The molecule has 1 aromatic rings. The molecule has 0 aromatic carbocycles. The third kappa shape index (κ3) is 2.80. The van der Waals surface area contributed by atoms with Gasteiger partial charge < -0.3 is 15.0 Å². The lowest BCUT2D eigenvalue weighted by atomic mass is 10.1. The van der Waals surface area contributed by atoms with Gasteiger partial charge in [-0.05, 0) is 12.5 Å². The number of nitrogens with one attached hydrogen (secondary N) is 1. The molecule has 0 saturated carbocycles. The first-order chi connectivity index (χ1) is 8.70. The Balaban J connectivity index is 1.93. The second-order valence-electron chi connectivity index (χ2n) is 4.18. The standard InChI is InChI=1S/C13H17N3O2/c1-10(11-5-6-12(18-2)14-9-11)15-13(17)16-7-3-4-8-16/h3-6,9-10H,7-8H2,1-2H3,(H,15,17). The average Bonchev–Trinajstić information content (AvgIpc) is 2.92. The second kappa shape index (κ2) is 5.53. The molecule has 0 aliphatic carbocycles. The maximum Gasteiger partial charge on any atom is 0.318 e. The molecule has 1 aliphatic rings. The van der Waals surface area contributed by atoms with Gasteiger partial charge in [-0.3, -0.25) is 0 Å². The van der Waals surface area contributed by atoms with Crippen molar-refractivity contribution in [3.63, 3.8) is 0 Å². The molecule has 1 atom stereocenters. The molecule has 1 N–H and O–H groups in total. The molecule has 0 saturated heterocycles. The Hall–Kier alpha value is -2.04. The van der Waals surface area contributed by atoms with Crippen molar-refractivity contribution >= 4 is 6.03 Å². The highest BCUT2D eigenvalue weighted by molar-refractivity contribution is 5.75. The fraction of sp³-hybridized carbons (Fsp3) is 0.385. The first-order valence-corrected chi connectivity index (χ1v) is 5.91. The summed E-state index contributed by atoms with van der Waals surface area (Å²) in [4.78, 5) is 17.7. The normalized spacial score (nSPS) is 15.6. The van der Waals surface area contributed by atoms with Crippen LogP contribution >= 0.6 is 0 Å². The van der Waals surface area contributed by atoms with Crippen LogP contribution in [0.25, 0.3) is 0 Å². The van der Waals surface area contributed by atoms with Gasteiger partial charge in [0.15, 0.2) is 0 Å². The Morgan fingerprint density at radius 1 is 1.44 bits per heavy atom. The predicted octanol–water partition coefficient (Wildman–Crippen LogP) is 1.73. The molecule has 0 fully saturated rings. The molecule has 0 bridgehead atoms. The van der Waals surface area contributed by atoms with E-state index in [2.05, 4.69) is 10.3 Å². The van der Waals surface area contributed by atoms with Crippen molar-refractivity contribution in [1.29, 1.82) is 0 Å². The predicted molar refractivity (Wildman–Crippen MR) is 68.4 cm³/mol. The number of rotatable bonds is 3. The Kier molecular flexibility index (Phi) is 3.82. The van der Waals surface area contributed by atoms with Gasteiger partial charge in [-0.1, -0.05) is 18.2 Å². The van der Waals surface area contributed by atoms with Gasteiger partial charge in [0.05, 0.1) is 13.2 Å². The molecule has 0 radical (unpaired) electrons. The van der Waals surface area contributed by atoms with E-state index in [1.165, 1.54) is 0 Å². The topological polar surface area (TPSA) is 54.5 Å². The van der Waals surface area contributed by atoms with E-state index in [1.54, 1.807) is 24.3 Å². The Bertz CT molecular complexity index is 434. The summed E-state index contributed by atoms with van der Waals surface area (Å²) in [5, 5.41) is 2.94. The van der Waals surface area contributed by atoms with Crippen molar-refractivity contribution < 1.29 is 9.53 Å². The minimum atomic E-state index is -0.0727. The summed E-state index contributed by atoms with van der Waals surface area (Å²) in [5.74, 6) is 0.570. The van der Waals surface area contributed by atoms with Crippen LogP contribution in [0.3, 0.4) is 0 Å². The van der Waals surface area contributed by atoms with Gasteiger partial charge in [-0.15, -0.1) is 0 Å². The minimum absolute atomic E-state index is 0.0525. The molecule has 1 aliphatic heterocycles. The van der Waals surface area contributed by atoms with Gasteiger partial charge in [0, 0.05) is 25.4 Å². The molecule has 2 rings (SSSR count). The number of aromatic nitrogens is 1. The van der Waals surface area contributed by atoms with E-state index in [4.69, 9.17) is 4.74 Å². The van der Waals surface area contributed by atoms with E-state index in [-0.39, 0.29) is 12.1 Å². The fourth-order valence-electron chi connectivity index (χ4n) is 1.77. The van der Waals surface area contributed by atoms with Crippen molar-refractivity contribution in [2.24, 2.45) is 0 Å². The summed E-state index contributed by atoms with van der Waals surface area (Å²) in [6.45, 7) is 3.30. The largest absolute Gasteiger partial charge is 0.481 e. The van der Waals surface area contributed by atoms with Crippen molar-refractivity contribution in [2.75, 3.05) is 20.2 Å². The van der Waals surface area contributed by atoms with Crippen LogP contribution in [-0.4, -0.2) is 36.1 Å². The molecule has 18 heavy (non-hydrogen) atoms. The molecule has 2 heterocycles. The van der Waals surface area contributed by atoms with Crippen LogP contribution in [0.1, 0.15) is 18.5 Å². The first-order valence-electron chi connectivity index (χ1n) is 5.91. The summed E-state index contributed by atoms with van der Waals surface area (Å²) in [5.41, 5.74) is 0.955. The smallest absolute Gasteiger partial charge is 0.318 e. The van der Waals surface area contributed by atoms with Gasteiger partial charge >= 0.3 is 6.03 Å². The van der Waals surface area contributed by atoms with Crippen LogP contribution in [0, 0.1) is 0 Å². The number of carbonyl (C=O) groups excluding carboxylic acids is 1. The van der Waals surface area contributed by atoms with Crippen LogP contribution < -0.4 is 10.1 Å². The summed E-state index contributed by atoms with van der Waals surface area (Å²) < 4.78 is 5.00. The van der Waals surface area contributed by atoms with Gasteiger partial charge in [0.2, 0.25) is 5.88 Å². The maximum absolute atomic E-state index is 11.9. The number of hydrogen-bond donors (Lipinski definition) is 1. The van der Waals surface area contributed by atoms with Crippen LogP contribution in [0.4, 0.5) is 4.79 Å². The minimum Gasteiger partial charge on any atom is -0.481 e. The quantitative estimate of drug-likeness (QED) is 0.828. The summed E-state index contributed by atoms with van der Waals surface area (Å²) in [6.07, 6.45) is 5.68. The Labute approximate surface area is 106 Å². The number of ether oxygens (including phenoxy) is 1. The average molecular weight is 247 g/mol. The summed E-state index contributed by atoms with van der Waals surface area (Å²) in [6, 6.07) is 3.56. The number of methoxy groups -OCH3 is 1. The molecule has 96 valence electrons. The molecular weight excluding hydrogens is 230 g/mol. The zero-order valence-corrected chi connectivity index (χ0v) is 10.6. The zero-order valence-electron chi connectivity index (χ0n) is 10.6. The fourth-order valence-corrected chi connectivity index (χ4v) is 1.77. The van der Waals surface area contributed by atoms with E-state index in [9.17, 15) is 4.79 Å². The van der Waals surface area contributed by atoms with E-state index in [0.717, 1.165) is 5.56 Å². The van der Waals surface area contributed by atoms with E-state index >= 15 is 0 Å². The molecule has 0 spiro atoms. The Morgan fingerprint density at radius 2 is 2.17 bits per heavy atom. The number of urea groups is 1. The highest BCUT2D eigenvalue weighted by Crippen LogP contribution is 2.14. The summed E-state index contributed by atoms with van der Waals surface area (Å²) in [7, 11) is 1.58. The molecule has 5 nitrogen and oxygen atoms in total. The van der Waals surface area contributed by atoms with Crippen molar-refractivity contribution in [1.82, 2.24) is 15.2 Å². The van der Waals surface area contributed by atoms with Crippen LogP contribution in [0.2, 0.25) is 0 Å². The highest BCUT2D eigenvalue weighted by atomic mass is 16.5. The third-order valence-electron chi connectivity index (χ3n) is 2.91. The highest BCUT2D eigenvalue weighted by Gasteiger charge is 2.17. The molecule has 1 aromatic heterocycles. The van der Waals surface area contributed by atoms with E-state index in [0.29, 0.717) is 19.0 Å². The lowest BCUT2D eigenvalue weighted by molar-refractivity contribution is 0.207. The van der Waals surface area contributed by atoms with Crippen LogP contribution in [-0.2, 0) is 0 Å². The van der Waals surface area contributed by atoms with Crippen molar-refractivity contribution in [3.05, 3.63) is 36.0 Å². The zero-order chi connectivity index (χ0) is 13.0. The van der Waals surface area contributed by atoms with Gasteiger partial charge in [-0.25, -0.2) is 9.78 Å². The summed E-state index contributed by atoms with van der Waals surface area (Å²) >= 11 is 0. The molecular formula is C13H17N3O2. The van der Waals surface area contributed by atoms with Crippen LogP contribution in [0.5, 0.6) is 5.88 Å². The molecule has 5 heteroatoms. The molecule has 1 unspecified atom stereocenters. The monoisotopic (exact) mass is 247 g/mol. The first kappa shape index (κ1) is 12.4. The number of carbonyl (C=O) groups is 1. The van der Waals surface area contributed by atoms with Crippen molar-refractivity contribution in [3.8, 4) is 5.88 Å². The number of nitrogens with zero attached hydrogens (tertiary/aromatic N) is 2. The SMILES string of the molecule is COc1ccc(C(C)NC(=O)N2CC=CC2)cn1. The third-order valence-corrected chi connectivity index (χ3v) is 2.91.